The quantitative estimate of drug-likeness (QED) is 0.409. The maximum Gasteiger partial charge on any atom is 0.165 e. The molecule has 1 atom stereocenters. The van der Waals surface area contributed by atoms with E-state index in [0.29, 0.717) is 10.8 Å². The average molecular weight is 462 g/mol. The van der Waals surface area contributed by atoms with Crippen molar-refractivity contribution in [3.63, 3.8) is 0 Å². The molecule has 0 aliphatic carbocycles. The first-order chi connectivity index (χ1) is 15.7. The molecule has 0 amide bonds. The van der Waals surface area contributed by atoms with Gasteiger partial charge in [0.15, 0.2) is 17.5 Å². The Hall–Kier alpha value is -3.63. The van der Waals surface area contributed by atoms with Crippen LogP contribution < -0.4 is 4.90 Å². The van der Waals surface area contributed by atoms with Gasteiger partial charge in [-0.1, -0.05) is 18.5 Å². The van der Waals surface area contributed by atoms with Gasteiger partial charge in [-0.25, -0.2) is 15.0 Å². The zero-order chi connectivity index (χ0) is 21.7. The second-order valence-corrected chi connectivity index (χ2v) is 8.56. The molecule has 0 bridgehead atoms. The molecule has 4 aromatic heterocycles. The fourth-order valence-electron chi connectivity index (χ4n) is 4.00. The normalized spacial score (nSPS) is 14.9. The molecule has 0 spiro atoms. The minimum Gasteiger partial charge on any atom is -0.314 e. The highest BCUT2D eigenvalue weighted by molar-refractivity contribution is 7.13. The largest absolute Gasteiger partial charge is 0.314 e. The van der Waals surface area contributed by atoms with Gasteiger partial charge in [0.2, 0.25) is 0 Å². The highest BCUT2D eigenvalue weighted by atomic mass is 35.5. The van der Waals surface area contributed by atoms with Gasteiger partial charge in [-0.05, 0) is 30.7 Å². The molecule has 5 aromatic rings. The number of benzene rings is 1. The van der Waals surface area contributed by atoms with Gasteiger partial charge in [0.05, 0.1) is 24.0 Å². The van der Waals surface area contributed by atoms with Gasteiger partial charge in [0.25, 0.3) is 0 Å². The van der Waals surface area contributed by atoms with E-state index < -0.39 is 0 Å². The lowest BCUT2D eigenvalue weighted by Crippen LogP contribution is -2.32. The number of anilines is 2. The number of aromatic nitrogens is 8. The van der Waals surface area contributed by atoms with Gasteiger partial charge >= 0.3 is 0 Å². The summed E-state index contributed by atoms with van der Waals surface area (Å²) in [5.74, 6) is 2.17. The average Bonchev–Trinajstić information content (AvgIpc) is 3.59. The Morgan fingerprint density at radius 3 is 2.81 bits per heavy atom. The van der Waals surface area contributed by atoms with E-state index in [9.17, 15) is 0 Å². The Bertz CT molecular complexity index is 1390. The van der Waals surface area contributed by atoms with Gasteiger partial charge in [0.1, 0.15) is 22.7 Å². The number of fused-ring (bicyclic) bond motifs is 3. The lowest BCUT2D eigenvalue weighted by Gasteiger charge is -2.36. The first-order valence-electron chi connectivity index (χ1n) is 10.0. The van der Waals surface area contributed by atoms with Crippen molar-refractivity contribution >= 4 is 34.4 Å². The molecule has 0 saturated carbocycles. The fourth-order valence-corrected chi connectivity index (χ4v) is 4.77. The maximum atomic E-state index is 6.16. The molecule has 32 heavy (non-hydrogen) atoms. The van der Waals surface area contributed by atoms with Crippen LogP contribution in [0.1, 0.15) is 25.2 Å². The lowest BCUT2D eigenvalue weighted by atomic mass is 10.1. The summed E-state index contributed by atoms with van der Waals surface area (Å²) in [5.41, 5.74) is 3.37. The third kappa shape index (κ3) is 2.91. The zero-order valence-corrected chi connectivity index (χ0v) is 18.4. The SMILES string of the molecule is CCC1c2nncn2-c2cnc(-c3cn[nH]c3-c3nccs3)nc2N1c1ccc(Cl)cc1. The number of aromatic amines is 1. The molecule has 1 aliphatic rings. The van der Waals surface area contributed by atoms with Crippen LogP contribution in [0.15, 0.2) is 54.6 Å². The summed E-state index contributed by atoms with van der Waals surface area (Å²) in [6, 6.07) is 7.68. The summed E-state index contributed by atoms with van der Waals surface area (Å²) in [7, 11) is 0. The number of nitrogens with one attached hydrogen (secondary N) is 1. The molecule has 0 fully saturated rings. The number of hydrogen-bond acceptors (Lipinski definition) is 8. The number of halogens is 1. The smallest absolute Gasteiger partial charge is 0.165 e. The van der Waals surface area contributed by atoms with Crippen molar-refractivity contribution in [2.75, 3.05) is 4.90 Å². The highest BCUT2D eigenvalue weighted by Gasteiger charge is 2.35. The van der Waals surface area contributed by atoms with Crippen LogP contribution in [0.25, 0.3) is 27.8 Å². The number of thiazole rings is 1. The maximum absolute atomic E-state index is 6.16. The van der Waals surface area contributed by atoms with Crippen LogP contribution in [-0.2, 0) is 0 Å². The van der Waals surface area contributed by atoms with Crippen molar-refractivity contribution in [3.05, 3.63) is 65.4 Å². The molecule has 1 aromatic carbocycles. The molecular formula is C21H16ClN9S. The monoisotopic (exact) mass is 461 g/mol. The van der Waals surface area contributed by atoms with Crippen molar-refractivity contribution < 1.29 is 0 Å². The van der Waals surface area contributed by atoms with Crippen molar-refractivity contribution in [1.82, 2.24) is 39.9 Å². The van der Waals surface area contributed by atoms with Gasteiger partial charge in [0, 0.05) is 22.3 Å². The van der Waals surface area contributed by atoms with Crippen LogP contribution in [0.2, 0.25) is 5.02 Å². The van der Waals surface area contributed by atoms with E-state index in [1.807, 2.05) is 34.2 Å². The van der Waals surface area contributed by atoms with Gasteiger partial charge in [-0.3, -0.25) is 9.67 Å². The molecule has 9 nitrogen and oxygen atoms in total. The third-order valence-corrected chi connectivity index (χ3v) is 6.48. The summed E-state index contributed by atoms with van der Waals surface area (Å²) >= 11 is 7.69. The van der Waals surface area contributed by atoms with Crippen LogP contribution in [0.4, 0.5) is 11.5 Å². The number of nitrogens with zero attached hydrogens (tertiary/aromatic N) is 8. The Balaban J connectivity index is 1.56. The van der Waals surface area contributed by atoms with Crippen LogP contribution in [-0.4, -0.2) is 39.9 Å². The highest BCUT2D eigenvalue weighted by Crippen LogP contribution is 2.43. The van der Waals surface area contributed by atoms with E-state index in [0.717, 1.165) is 45.7 Å². The first-order valence-corrected chi connectivity index (χ1v) is 11.3. The molecule has 11 heteroatoms. The minimum absolute atomic E-state index is 0.0447. The van der Waals surface area contributed by atoms with E-state index >= 15 is 0 Å². The predicted octanol–water partition coefficient (Wildman–Crippen LogP) is 4.83. The van der Waals surface area contributed by atoms with E-state index in [1.54, 1.807) is 24.9 Å². The summed E-state index contributed by atoms with van der Waals surface area (Å²) in [4.78, 5) is 16.2. The molecule has 0 saturated heterocycles. The van der Waals surface area contributed by atoms with Gasteiger partial charge < -0.3 is 4.90 Å². The van der Waals surface area contributed by atoms with Crippen molar-refractivity contribution in [2.45, 2.75) is 19.4 Å². The van der Waals surface area contributed by atoms with Crippen LogP contribution in [0.5, 0.6) is 0 Å². The van der Waals surface area contributed by atoms with E-state index in [4.69, 9.17) is 16.6 Å². The molecule has 0 radical (unpaired) electrons. The summed E-state index contributed by atoms with van der Waals surface area (Å²) in [6.07, 6.45) is 7.82. The molecule has 5 heterocycles. The summed E-state index contributed by atoms with van der Waals surface area (Å²) in [5, 5.41) is 19.2. The summed E-state index contributed by atoms with van der Waals surface area (Å²) < 4.78 is 1.96. The van der Waals surface area contributed by atoms with Crippen LogP contribution in [0.3, 0.4) is 0 Å². The van der Waals surface area contributed by atoms with Crippen molar-refractivity contribution in [2.24, 2.45) is 0 Å². The standard InChI is InChI=1S/C21H16ClN9S/c1-2-15-20-29-26-11-30(20)16-10-24-18(14-9-25-28-17(14)21-23-7-8-32-21)27-19(16)31(15)13-5-3-12(22)4-6-13/h3-11,15H,2H2,1H3,(H,25,28). The third-order valence-electron chi connectivity index (χ3n) is 5.44. The van der Waals surface area contributed by atoms with E-state index in [-0.39, 0.29) is 6.04 Å². The van der Waals surface area contributed by atoms with Crippen LogP contribution in [0, 0.1) is 0 Å². The molecule has 1 aliphatic heterocycles. The second-order valence-electron chi connectivity index (χ2n) is 7.23. The summed E-state index contributed by atoms with van der Waals surface area (Å²) in [6.45, 7) is 2.12. The molecule has 158 valence electrons. The zero-order valence-electron chi connectivity index (χ0n) is 16.8. The lowest BCUT2D eigenvalue weighted by molar-refractivity contribution is 0.590. The Labute approximate surface area is 191 Å². The second kappa shape index (κ2) is 7.50. The Morgan fingerprint density at radius 1 is 1.16 bits per heavy atom. The Kier molecular flexibility index (Phi) is 4.47. The number of rotatable bonds is 4. The Morgan fingerprint density at radius 2 is 2.03 bits per heavy atom. The number of hydrogen-bond donors (Lipinski definition) is 1. The topological polar surface area (TPSA) is 101 Å². The number of H-pyrrole nitrogens is 1. The fraction of sp³-hybridized carbons (Fsp3) is 0.143. The van der Waals surface area contributed by atoms with Crippen molar-refractivity contribution in [3.8, 4) is 27.8 Å². The van der Waals surface area contributed by atoms with Gasteiger partial charge in [-0.15, -0.1) is 21.5 Å². The minimum atomic E-state index is -0.0447. The molecule has 6 rings (SSSR count). The molecule has 1 unspecified atom stereocenters. The van der Waals surface area contributed by atoms with Gasteiger partial charge in [-0.2, -0.15) is 5.10 Å². The molecule has 1 N–H and O–H groups in total. The first kappa shape index (κ1) is 19.1. The van der Waals surface area contributed by atoms with Crippen molar-refractivity contribution in [1.29, 1.82) is 0 Å². The molecular weight excluding hydrogens is 446 g/mol. The van der Waals surface area contributed by atoms with E-state index in [1.165, 1.54) is 11.3 Å². The van der Waals surface area contributed by atoms with E-state index in [2.05, 4.69) is 42.2 Å². The predicted molar refractivity (Wildman–Crippen MR) is 122 cm³/mol. The van der Waals surface area contributed by atoms with Crippen LogP contribution >= 0.6 is 22.9 Å².